The number of methoxy groups -OCH3 is 1. The number of hydrogen-bond donors (Lipinski definition) is 10. The van der Waals surface area contributed by atoms with Crippen LogP contribution in [0.2, 0.25) is 0 Å². The van der Waals surface area contributed by atoms with Crippen molar-refractivity contribution in [1.29, 1.82) is 0 Å². The lowest BCUT2D eigenvalue weighted by Gasteiger charge is -2.38. The van der Waals surface area contributed by atoms with Gasteiger partial charge < -0.3 is 123 Å². The molecule has 2 aromatic carbocycles. The van der Waals surface area contributed by atoms with Crippen LogP contribution in [-0.4, -0.2) is 300 Å². The van der Waals surface area contributed by atoms with E-state index in [4.69, 9.17) is 76.8 Å². The fourth-order valence-corrected chi connectivity index (χ4v) is 10.4. The lowest BCUT2D eigenvalue weighted by atomic mass is 9.91. The van der Waals surface area contributed by atoms with E-state index in [-0.39, 0.29) is 68.2 Å². The summed E-state index contributed by atoms with van der Waals surface area (Å²) >= 11 is 0. The number of rotatable bonds is 60. The van der Waals surface area contributed by atoms with Gasteiger partial charge >= 0.3 is 12.1 Å². The molecule has 0 bridgehead atoms. The molecule has 6 atom stereocenters. The summed E-state index contributed by atoms with van der Waals surface area (Å²) in [6.07, 6.45) is 1.55. The van der Waals surface area contributed by atoms with Gasteiger partial charge in [0.1, 0.15) is 30.7 Å². The molecule has 107 heavy (non-hydrogen) atoms. The van der Waals surface area contributed by atoms with Gasteiger partial charge in [-0.25, -0.2) is 9.59 Å². The van der Waals surface area contributed by atoms with Crippen molar-refractivity contribution in [2.45, 2.75) is 108 Å². The Balaban J connectivity index is 0.862. The van der Waals surface area contributed by atoms with Crippen LogP contribution in [0, 0.1) is 5.92 Å². The van der Waals surface area contributed by atoms with Crippen molar-refractivity contribution in [1.82, 2.24) is 25.8 Å². The van der Waals surface area contributed by atoms with Crippen molar-refractivity contribution in [2.24, 2.45) is 11.7 Å². The summed E-state index contributed by atoms with van der Waals surface area (Å²) in [7, 11) is 1.63. The first-order chi connectivity index (χ1) is 52.1. The Bertz CT molecular complexity index is 2990. The lowest BCUT2D eigenvalue weighted by Crippen LogP contribution is -2.61. The molecular weight excluding hydrogens is 1400 g/mol. The Kier molecular flexibility index (Phi) is 47.8. The zero-order valence-corrected chi connectivity index (χ0v) is 61.4. The number of aliphatic carboxylic acids is 1. The molecule has 1 aromatic heterocycles. The average Bonchev–Trinajstić information content (AvgIpc) is 0.801. The number of carbonyl (C=O) groups excluding carboxylic acids is 6. The molecule has 11 N–H and O–H groups in total. The predicted molar refractivity (Wildman–Crippen MR) is 387 cm³/mol. The van der Waals surface area contributed by atoms with Crippen LogP contribution in [0.5, 0.6) is 5.75 Å². The number of benzene rings is 2. The number of hydrogen-bond acceptors (Lipinski definition) is 27. The van der Waals surface area contributed by atoms with Crippen LogP contribution in [0.15, 0.2) is 73.1 Å². The van der Waals surface area contributed by atoms with Crippen LogP contribution < -0.4 is 37.1 Å². The van der Waals surface area contributed by atoms with Crippen molar-refractivity contribution >= 4 is 59.0 Å². The number of nitrogens with zero attached hydrogens (tertiary/aromatic N) is 2. The number of aliphatic hydroxyl groups excluding tert-OH is 3. The molecule has 3 heterocycles. The number of likely N-dealkylation sites (tertiary alicyclic amines) is 1. The maximum absolute atomic E-state index is 13.6. The minimum Gasteiger partial charge on any atom is -0.479 e. The Morgan fingerprint density at radius 1 is 0.598 bits per heavy atom. The quantitative estimate of drug-likeness (QED) is 0.0286. The van der Waals surface area contributed by atoms with E-state index in [1.54, 1.807) is 60.8 Å². The molecular formula is C73H112N8O26. The van der Waals surface area contributed by atoms with Crippen LogP contribution >= 0.6 is 0 Å². The van der Waals surface area contributed by atoms with Gasteiger partial charge in [0.25, 0.3) is 5.91 Å². The maximum Gasteiger partial charge on any atom is 0.411 e. The number of aliphatic hydroxyl groups is 3. The standard InChI is InChI=1S/C73H112N8O26/c1-93-28-29-95-32-33-97-36-37-99-40-41-101-44-45-103-48-49-104-47-46-102-43-42-100-39-38-98-35-34-96-31-30-94-27-20-63(83)77-23-5-3-12-59(74)69(88)78-24-17-64(84)80-60-50-56(13-15-61(60)106-72-67(87)65(85)66(86)68(107-72)71(90)91)53-105-73(92)79-58-11-6-10-57(51-58)70(89)81-25-18-54(19-26-81)8-2-4-22-76-62(82)16-14-55-9-7-21-75-52-55/h6-7,9-11,13-16,21,50-52,54,59,65-68,72,85-87H,2-5,8,12,17-20,22-49,53,74H2,1H3,(H,76,82)(H,77,83)(H,78,88)(H,79,92)(H,80,84)(H,90,91)/b16-14+/t59-,65-,66-,67+,68-,72+/m0/s1. The molecule has 2 aliphatic heterocycles. The van der Waals surface area contributed by atoms with Crippen molar-refractivity contribution < 1.29 is 125 Å². The minimum absolute atomic E-state index is 0.0720. The zero-order chi connectivity index (χ0) is 76.7. The van der Waals surface area contributed by atoms with Crippen LogP contribution in [0.1, 0.15) is 85.7 Å². The van der Waals surface area contributed by atoms with Crippen LogP contribution in [-0.2, 0) is 96.9 Å². The van der Waals surface area contributed by atoms with Crippen molar-refractivity contribution in [3.8, 4) is 5.75 Å². The van der Waals surface area contributed by atoms with E-state index >= 15 is 0 Å². The molecule has 5 rings (SSSR count). The molecule has 0 aliphatic carbocycles. The molecule has 2 aliphatic rings. The number of nitrogens with two attached hydrogens (primary N) is 1. The lowest BCUT2D eigenvalue weighted by molar-refractivity contribution is -0.271. The highest BCUT2D eigenvalue weighted by Crippen LogP contribution is 2.32. The number of nitrogens with one attached hydrogen (secondary N) is 5. The third-order valence-corrected chi connectivity index (χ3v) is 16.3. The summed E-state index contributed by atoms with van der Waals surface area (Å²) in [4.78, 5) is 95.2. The van der Waals surface area contributed by atoms with Gasteiger partial charge in [0.05, 0.1) is 164 Å². The Morgan fingerprint density at radius 3 is 1.72 bits per heavy atom. The number of aromatic nitrogens is 1. The number of ether oxygens (including phenoxy) is 15. The fourth-order valence-electron chi connectivity index (χ4n) is 10.4. The third kappa shape index (κ3) is 40.5. The van der Waals surface area contributed by atoms with Crippen molar-refractivity contribution in [2.75, 3.05) is 202 Å². The largest absolute Gasteiger partial charge is 0.479 e. The number of unbranched alkanes of at least 4 members (excludes halogenated alkanes) is 2. The predicted octanol–water partition coefficient (Wildman–Crippen LogP) is 2.23. The van der Waals surface area contributed by atoms with E-state index in [0.29, 0.717) is 207 Å². The number of pyridine rings is 1. The van der Waals surface area contributed by atoms with E-state index in [9.17, 15) is 54.0 Å². The SMILES string of the molecule is COCCOCCOCCOCCOCCOCCOCCOCCOCCOCCOCCOCCC(=O)NCCCC[C@H](N)C(=O)NCCC(=O)Nc1cc(COC(=O)Nc2cccc(C(=O)N3CCC(CCCCNC(=O)/C=C/c4cccnc4)CC3)c2)ccc1O[C@@H]1O[C@H](C(=O)O)[C@@H](O)[C@H](O)[C@H]1O. The molecule has 6 amide bonds. The normalized spacial score (nSPS) is 17.0. The van der Waals surface area contributed by atoms with E-state index in [1.165, 1.54) is 24.3 Å². The number of amides is 6. The molecule has 2 fully saturated rings. The first-order valence-electron chi connectivity index (χ1n) is 36.5. The second kappa shape index (κ2) is 56.7. The third-order valence-electron chi connectivity index (χ3n) is 16.3. The summed E-state index contributed by atoms with van der Waals surface area (Å²) in [6.45, 7) is 11.7. The average molecular weight is 1520 g/mol. The number of carboxylic acids is 1. The maximum atomic E-state index is 13.6. The smallest absolute Gasteiger partial charge is 0.411 e. The zero-order valence-electron chi connectivity index (χ0n) is 61.4. The van der Waals surface area contributed by atoms with E-state index < -0.39 is 60.6 Å². The van der Waals surface area contributed by atoms with Crippen LogP contribution in [0.4, 0.5) is 16.2 Å². The highest BCUT2D eigenvalue weighted by Gasteiger charge is 2.48. The molecule has 2 saturated heterocycles. The highest BCUT2D eigenvalue weighted by atomic mass is 16.7. The van der Waals surface area contributed by atoms with Gasteiger partial charge in [-0.3, -0.25) is 34.3 Å². The Labute approximate surface area is 624 Å². The van der Waals surface area contributed by atoms with Crippen LogP contribution in [0.25, 0.3) is 6.08 Å². The number of anilines is 2. The van der Waals surface area contributed by atoms with E-state index in [2.05, 4.69) is 31.6 Å². The Hall–Kier alpha value is -7.46. The molecule has 600 valence electrons. The highest BCUT2D eigenvalue weighted by molar-refractivity contribution is 5.96. The molecule has 0 unspecified atom stereocenters. The molecule has 3 aromatic rings. The van der Waals surface area contributed by atoms with E-state index in [1.807, 2.05) is 6.07 Å². The topological polar surface area (TPSA) is 441 Å². The summed E-state index contributed by atoms with van der Waals surface area (Å²) in [6, 6.07) is 13.3. The van der Waals surface area contributed by atoms with Gasteiger partial charge in [0.15, 0.2) is 6.10 Å². The molecule has 0 spiro atoms. The number of piperidine rings is 1. The van der Waals surface area contributed by atoms with Gasteiger partial charge in [-0.1, -0.05) is 31.0 Å². The van der Waals surface area contributed by atoms with Gasteiger partial charge in [-0.15, -0.1) is 0 Å². The van der Waals surface area contributed by atoms with Gasteiger partial charge in [0, 0.05) is 82.4 Å². The number of carbonyl (C=O) groups is 7. The summed E-state index contributed by atoms with van der Waals surface area (Å²) in [5.74, 6) is -3.10. The van der Waals surface area contributed by atoms with Gasteiger partial charge in [-0.05, 0) is 98.0 Å². The monoisotopic (exact) mass is 1520 g/mol. The van der Waals surface area contributed by atoms with E-state index in [0.717, 1.165) is 37.7 Å². The molecule has 34 heteroatoms. The number of carboxylic acid groups (broad SMARTS) is 1. The first-order valence-corrected chi connectivity index (χ1v) is 36.5. The van der Waals surface area contributed by atoms with Gasteiger partial charge in [-0.2, -0.15) is 0 Å². The molecule has 34 nitrogen and oxygen atoms in total. The summed E-state index contributed by atoms with van der Waals surface area (Å²) in [5, 5.41) is 54.6. The summed E-state index contributed by atoms with van der Waals surface area (Å²) in [5.41, 5.74) is 7.88. The summed E-state index contributed by atoms with van der Waals surface area (Å²) < 4.78 is 81.7. The van der Waals surface area contributed by atoms with Crippen LogP contribution in [0.3, 0.4) is 0 Å². The van der Waals surface area contributed by atoms with Crippen molar-refractivity contribution in [3.63, 3.8) is 0 Å². The second-order valence-electron chi connectivity index (χ2n) is 24.6. The molecule has 0 radical (unpaired) electrons. The second-order valence-corrected chi connectivity index (χ2v) is 24.6. The Morgan fingerprint density at radius 2 is 1.16 bits per heavy atom. The first kappa shape index (κ1) is 90.2. The van der Waals surface area contributed by atoms with Crippen molar-refractivity contribution in [3.05, 3.63) is 89.8 Å². The van der Waals surface area contributed by atoms with Gasteiger partial charge in [0.2, 0.25) is 29.9 Å². The fraction of sp³-hybridized carbons (Fsp3) is 0.644. The minimum atomic E-state index is -2.00. The molecule has 0 saturated carbocycles.